The molecule has 0 saturated heterocycles. The average Bonchev–Trinajstić information content (AvgIpc) is 2.56. The fourth-order valence-electron chi connectivity index (χ4n) is 2.39. The van der Waals surface area contributed by atoms with Crippen molar-refractivity contribution in [2.75, 3.05) is 11.9 Å². The van der Waals surface area contributed by atoms with Crippen molar-refractivity contribution in [2.24, 2.45) is 5.84 Å². The molecule has 0 spiro atoms. The molecule has 0 unspecified atom stereocenters. The van der Waals surface area contributed by atoms with E-state index < -0.39 is 6.03 Å². The van der Waals surface area contributed by atoms with Crippen molar-refractivity contribution >= 4 is 11.7 Å². The lowest BCUT2D eigenvalue weighted by Crippen LogP contribution is -2.34. The van der Waals surface area contributed by atoms with E-state index in [1.54, 1.807) is 12.1 Å². The number of rotatable bonds is 6. The number of carbonyl (C=O) groups is 1. The Morgan fingerprint density at radius 2 is 1.92 bits per heavy atom. The zero-order chi connectivity index (χ0) is 17.5. The fourth-order valence-corrected chi connectivity index (χ4v) is 2.39. The SMILES string of the molecule is CCOc1cccc(NC(=O)NN)c1COc1ccc(C)cc1C. The van der Waals surface area contributed by atoms with Crippen LogP contribution in [-0.4, -0.2) is 12.6 Å². The van der Waals surface area contributed by atoms with Crippen molar-refractivity contribution in [3.63, 3.8) is 0 Å². The first-order valence-corrected chi connectivity index (χ1v) is 7.77. The molecule has 6 nitrogen and oxygen atoms in total. The second-order valence-corrected chi connectivity index (χ2v) is 5.37. The van der Waals surface area contributed by atoms with Gasteiger partial charge in [0.25, 0.3) is 0 Å². The third-order valence-corrected chi connectivity index (χ3v) is 3.51. The number of nitrogens with one attached hydrogen (secondary N) is 2. The van der Waals surface area contributed by atoms with Gasteiger partial charge in [-0.1, -0.05) is 23.8 Å². The molecular formula is C18H23N3O3. The predicted octanol–water partition coefficient (Wildman–Crippen LogP) is 3.28. The molecule has 2 aromatic carbocycles. The number of ether oxygens (including phenoxy) is 2. The Morgan fingerprint density at radius 1 is 1.12 bits per heavy atom. The van der Waals surface area contributed by atoms with Gasteiger partial charge in [-0.05, 0) is 44.5 Å². The van der Waals surface area contributed by atoms with Gasteiger partial charge in [-0.15, -0.1) is 0 Å². The van der Waals surface area contributed by atoms with Crippen LogP contribution in [-0.2, 0) is 6.61 Å². The molecule has 4 N–H and O–H groups in total. The van der Waals surface area contributed by atoms with E-state index in [2.05, 4.69) is 11.4 Å². The van der Waals surface area contributed by atoms with E-state index in [4.69, 9.17) is 15.3 Å². The number of amides is 2. The minimum absolute atomic E-state index is 0.264. The summed E-state index contributed by atoms with van der Waals surface area (Å²) in [5.74, 6) is 6.60. The molecule has 2 rings (SSSR count). The first-order valence-electron chi connectivity index (χ1n) is 7.77. The number of benzene rings is 2. The first kappa shape index (κ1) is 17.6. The maximum Gasteiger partial charge on any atom is 0.333 e. The van der Waals surface area contributed by atoms with Gasteiger partial charge in [0.1, 0.15) is 18.1 Å². The highest BCUT2D eigenvalue weighted by atomic mass is 16.5. The molecule has 2 aromatic rings. The summed E-state index contributed by atoms with van der Waals surface area (Å²) >= 11 is 0. The smallest absolute Gasteiger partial charge is 0.333 e. The van der Waals surface area contributed by atoms with Crippen LogP contribution in [0.5, 0.6) is 11.5 Å². The average molecular weight is 329 g/mol. The van der Waals surface area contributed by atoms with E-state index in [1.165, 1.54) is 5.56 Å². The first-order chi connectivity index (χ1) is 11.5. The topological polar surface area (TPSA) is 85.6 Å². The molecule has 0 heterocycles. The molecule has 24 heavy (non-hydrogen) atoms. The van der Waals surface area contributed by atoms with Crippen LogP contribution in [0.3, 0.4) is 0 Å². The van der Waals surface area contributed by atoms with E-state index >= 15 is 0 Å². The lowest BCUT2D eigenvalue weighted by atomic mass is 10.1. The predicted molar refractivity (Wildman–Crippen MR) is 94.2 cm³/mol. The molecule has 0 aliphatic heterocycles. The van der Waals surface area contributed by atoms with Gasteiger partial charge in [-0.2, -0.15) is 0 Å². The van der Waals surface area contributed by atoms with E-state index in [9.17, 15) is 4.79 Å². The second-order valence-electron chi connectivity index (χ2n) is 5.37. The van der Waals surface area contributed by atoms with Gasteiger partial charge < -0.3 is 14.8 Å². The van der Waals surface area contributed by atoms with Crippen LogP contribution in [0, 0.1) is 13.8 Å². The van der Waals surface area contributed by atoms with Crippen molar-refractivity contribution in [1.82, 2.24) is 5.43 Å². The van der Waals surface area contributed by atoms with Crippen molar-refractivity contribution < 1.29 is 14.3 Å². The van der Waals surface area contributed by atoms with Crippen LogP contribution in [0.1, 0.15) is 23.6 Å². The molecule has 0 atom stereocenters. The van der Waals surface area contributed by atoms with Crippen LogP contribution in [0.2, 0.25) is 0 Å². The third kappa shape index (κ3) is 4.39. The van der Waals surface area contributed by atoms with Crippen molar-refractivity contribution in [3.8, 4) is 11.5 Å². The van der Waals surface area contributed by atoms with Crippen molar-refractivity contribution in [1.29, 1.82) is 0 Å². The maximum absolute atomic E-state index is 11.5. The zero-order valence-electron chi connectivity index (χ0n) is 14.2. The number of hydrogen-bond donors (Lipinski definition) is 3. The standard InChI is InChI=1S/C18H23N3O3/c1-4-23-17-7-5-6-15(20-18(22)21-19)14(17)11-24-16-9-8-12(2)10-13(16)3/h5-10H,4,11,19H2,1-3H3,(H2,20,21,22). The number of aryl methyl sites for hydroxylation is 2. The summed E-state index contributed by atoms with van der Waals surface area (Å²) in [7, 11) is 0. The largest absolute Gasteiger partial charge is 0.493 e. The zero-order valence-corrected chi connectivity index (χ0v) is 14.2. The van der Waals surface area contributed by atoms with Crippen LogP contribution in [0.15, 0.2) is 36.4 Å². The maximum atomic E-state index is 11.5. The summed E-state index contributed by atoms with van der Waals surface area (Å²) in [5.41, 5.74) is 5.62. The van der Waals surface area contributed by atoms with Gasteiger partial charge in [0.2, 0.25) is 0 Å². The molecule has 0 aromatic heterocycles. The summed E-state index contributed by atoms with van der Waals surface area (Å²) < 4.78 is 11.6. The molecule has 0 saturated carbocycles. The molecule has 128 valence electrons. The quantitative estimate of drug-likeness (QED) is 0.431. The molecular weight excluding hydrogens is 306 g/mol. The van der Waals surface area contributed by atoms with Crippen LogP contribution in [0.25, 0.3) is 0 Å². The van der Waals surface area contributed by atoms with Gasteiger partial charge in [0.15, 0.2) is 0 Å². The Balaban J connectivity index is 2.26. The van der Waals surface area contributed by atoms with Gasteiger partial charge in [-0.25, -0.2) is 10.6 Å². The Kier molecular flexibility index (Phi) is 6.03. The van der Waals surface area contributed by atoms with E-state index in [0.29, 0.717) is 18.0 Å². The lowest BCUT2D eigenvalue weighted by Gasteiger charge is -2.17. The molecule has 0 radical (unpaired) electrons. The normalized spacial score (nSPS) is 10.2. The summed E-state index contributed by atoms with van der Waals surface area (Å²) in [6, 6.07) is 10.9. The Bertz CT molecular complexity index is 717. The summed E-state index contributed by atoms with van der Waals surface area (Å²) in [5, 5.41) is 2.68. The highest BCUT2D eigenvalue weighted by Crippen LogP contribution is 2.29. The molecule has 6 heteroatoms. The molecule has 0 aliphatic carbocycles. The molecule has 0 fully saturated rings. The fraction of sp³-hybridized carbons (Fsp3) is 0.278. The highest BCUT2D eigenvalue weighted by molar-refractivity contribution is 5.90. The van der Waals surface area contributed by atoms with Crippen LogP contribution < -0.4 is 26.1 Å². The Hall–Kier alpha value is -2.73. The summed E-state index contributed by atoms with van der Waals surface area (Å²) in [4.78, 5) is 11.5. The van der Waals surface area contributed by atoms with Gasteiger partial charge >= 0.3 is 6.03 Å². The second kappa shape index (κ2) is 8.21. The van der Waals surface area contributed by atoms with Crippen molar-refractivity contribution in [2.45, 2.75) is 27.4 Å². The third-order valence-electron chi connectivity index (χ3n) is 3.51. The van der Waals surface area contributed by atoms with E-state index in [1.807, 2.05) is 44.4 Å². The lowest BCUT2D eigenvalue weighted by molar-refractivity contribution is 0.252. The van der Waals surface area contributed by atoms with Gasteiger partial charge in [0, 0.05) is 0 Å². The molecule has 0 bridgehead atoms. The highest BCUT2D eigenvalue weighted by Gasteiger charge is 2.13. The number of hydrazine groups is 1. The Morgan fingerprint density at radius 3 is 2.58 bits per heavy atom. The van der Waals surface area contributed by atoms with E-state index in [-0.39, 0.29) is 6.61 Å². The minimum Gasteiger partial charge on any atom is -0.493 e. The number of hydrogen-bond acceptors (Lipinski definition) is 4. The van der Waals surface area contributed by atoms with Gasteiger partial charge in [0.05, 0.1) is 17.9 Å². The minimum atomic E-state index is -0.503. The monoisotopic (exact) mass is 329 g/mol. The number of anilines is 1. The number of nitrogens with two attached hydrogens (primary N) is 1. The molecule has 0 aliphatic rings. The van der Waals surface area contributed by atoms with E-state index in [0.717, 1.165) is 16.9 Å². The Labute approximate surface area is 141 Å². The molecule has 2 amide bonds. The number of carbonyl (C=O) groups excluding carboxylic acids is 1. The number of urea groups is 1. The van der Waals surface area contributed by atoms with Crippen LogP contribution in [0.4, 0.5) is 10.5 Å². The van der Waals surface area contributed by atoms with Crippen molar-refractivity contribution in [3.05, 3.63) is 53.1 Å². The van der Waals surface area contributed by atoms with Crippen LogP contribution >= 0.6 is 0 Å². The summed E-state index contributed by atoms with van der Waals surface area (Å²) in [6.45, 7) is 6.72. The van der Waals surface area contributed by atoms with Gasteiger partial charge in [-0.3, -0.25) is 5.43 Å². The summed E-state index contributed by atoms with van der Waals surface area (Å²) in [6.07, 6.45) is 0.